The first-order valence-corrected chi connectivity index (χ1v) is 5.45. The highest BCUT2D eigenvalue weighted by Gasteiger charge is 1.74. The topological polar surface area (TPSA) is 72.0 Å². The van der Waals surface area contributed by atoms with Crippen LogP contribution in [0.5, 0.6) is 0 Å². The molecule has 12 heavy (non-hydrogen) atoms. The van der Waals surface area contributed by atoms with Crippen molar-refractivity contribution in [3.63, 3.8) is 0 Å². The van der Waals surface area contributed by atoms with E-state index in [0.29, 0.717) is 0 Å². The van der Waals surface area contributed by atoms with E-state index in [1.807, 2.05) is 18.2 Å². The molecule has 1 rings (SSSR count). The van der Waals surface area contributed by atoms with Crippen molar-refractivity contribution in [2.45, 2.75) is 0 Å². The van der Waals surface area contributed by atoms with Crippen molar-refractivity contribution in [3.05, 3.63) is 33.9 Å². The summed E-state index contributed by atoms with van der Waals surface area (Å²) in [6, 6.07) is 10.2. The van der Waals surface area contributed by atoms with Gasteiger partial charge in [0.1, 0.15) is 46.0 Å². The lowest BCUT2D eigenvalue weighted by molar-refractivity contribution is 0.748. The van der Waals surface area contributed by atoms with E-state index in [0.717, 1.165) is 46.0 Å². The second-order valence-corrected chi connectivity index (χ2v) is 2.54. The Labute approximate surface area is 113 Å². The zero-order valence-electron chi connectivity index (χ0n) is 5.92. The third-order valence-corrected chi connectivity index (χ3v) is 1.45. The lowest BCUT2D eigenvalue weighted by atomic mass is 10.4. The van der Waals surface area contributed by atoms with Gasteiger partial charge < -0.3 is 12.3 Å². The van der Waals surface area contributed by atoms with Crippen LogP contribution in [0.2, 0.25) is 0 Å². The van der Waals surface area contributed by atoms with Gasteiger partial charge in [0, 0.05) is 3.57 Å². The Kier molecular flexibility index (Phi) is 28.7. The van der Waals surface area contributed by atoms with Crippen molar-refractivity contribution < 1.29 is 12.3 Å². The van der Waals surface area contributed by atoms with Gasteiger partial charge in [-0.1, -0.05) is 18.2 Å². The molecule has 72 valence electrons. The Hall–Kier alpha value is 1.29. The van der Waals surface area contributed by atoms with E-state index in [-0.39, 0.29) is 5.48 Å². The van der Waals surface area contributed by atoms with E-state index in [1.165, 1.54) is 3.57 Å². The van der Waals surface area contributed by atoms with Gasteiger partial charge in [-0.05, 0) is 34.7 Å². The fraction of sp³-hybridized carbons (Fsp3) is 0. The van der Waals surface area contributed by atoms with Crippen LogP contribution in [0.4, 0.5) is 0 Å². The van der Waals surface area contributed by atoms with Crippen LogP contribution in [-0.4, -0.2) is 12.3 Å². The molecule has 6 heteroatoms. The molecule has 0 spiro atoms. The number of halogens is 3. The molecule has 0 aliphatic rings. The zero-order chi connectivity index (χ0) is 9.11. The minimum Gasteiger partial charge on any atom is -0.412 e. The Morgan fingerprint density at radius 1 is 0.833 bits per heavy atom. The molecule has 0 heterocycles. The maximum Gasteiger partial charge on any atom is 0.106 e. The van der Waals surface area contributed by atoms with Crippen molar-refractivity contribution in [1.82, 2.24) is 0 Å². The standard InChI is InChI=1S/C6H5I.2HIO.H2O/c7-6-4-2-1-3-5-6;2*1-2;/h1-5H;2*2H;1H2. The molecule has 3 nitrogen and oxygen atoms in total. The van der Waals surface area contributed by atoms with E-state index in [1.54, 1.807) is 0 Å². The molecule has 0 amide bonds. The molecule has 4 N–H and O–H groups in total. The molecule has 0 radical (unpaired) electrons. The predicted molar refractivity (Wildman–Crippen MR) is 75.3 cm³/mol. The van der Waals surface area contributed by atoms with E-state index in [2.05, 4.69) is 34.7 Å². The quantitative estimate of drug-likeness (QED) is 0.526. The highest BCUT2D eigenvalue weighted by Crippen LogP contribution is 1.99. The summed E-state index contributed by atoms with van der Waals surface area (Å²) in [7, 11) is 0. The van der Waals surface area contributed by atoms with Crippen molar-refractivity contribution in [3.8, 4) is 0 Å². The molecule has 0 bridgehead atoms. The first kappa shape index (κ1) is 19.0. The Balaban J connectivity index is -0.000000144. The highest BCUT2D eigenvalue weighted by atomic mass is 127. The summed E-state index contributed by atoms with van der Waals surface area (Å²) < 4.78 is 15.2. The average molecular weight is 510 g/mol. The van der Waals surface area contributed by atoms with Gasteiger partial charge in [0.15, 0.2) is 0 Å². The lowest BCUT2D eigenvalue weighted by Gasteiger charge is -1.80. The van der Waals surface area contributed by atoms with Crippen LogP contribution in [-0.2, 0) is 0 Å². The van der Waals surface area contributed by atoms with Crippen LogP contribution in [0.3, 0.4) is 0 Å². The van der Waals surface area contributed by atoms with Crippen LogP contribution in [0, 0.1) is 3.57 Å². The number of hydrogen-bond acceptors (Lipinski definition) is 2. The minimum absolute atomic E-state index is 0. The summed E-state index contributed by atoms with van der Waals surface area (Å²) in [5.74, 6) is 0. The second kappa shape index (κ2) is 18.2. The van der Waals surface area contributed by atoms with Gasteiger partial charge >= 0.3 is 0 Å². The molecule has 0 aromatic heterocycles. The molecule has 1 aromatic carbocycles. The molecule has 1 aromatic rings. The van der Waals surface area contributed by atoms with Gasteiger partial charge in [0.05, 0.1) is 0 Å². The summed E-state index contributed by atoms with van der Waals surface area (Å²) >= 11 is 4.58. The van der Waals surface area contributed by atoms with Crippen molar-refractivity contribution in [2.24, 2.45) is 0 Å². The first-order chi connectivity index (χ1) is 5.39. The van der Waals surface area contributed by atoms with Gasteiger partial charge in [-0.25, -0.2) is 0 Å². The van der Waals surface area contributed by atoms with Crippen LogP contribution in [0.1, 0.15) is 0 Å². The molecular formula is C6H9I3O3. The van der Waals surface area contributed by atoms with Gasteiger partial charge in [-0.15, -0.1) is 0 Å². The Morgan fingerprint density at radius 3 is 1.33 bits per heavy atom. The van der Waals surface area contributed by atoms with Crippen LogP contribution in [0.25, 0.3) is 0 Å². The van der Waals surface area contributed by atoms with Gasteiger partial charge in [0.2, 0.25) is 0 Å². The van der Waals surface area contributed by atoms with Gasteiger partial charge in [-0.2, -0.15) is 0 Å². The average Bonchev–Trinajstić information content (AvgIpc) is 2.13. The van der Waals surface area contributed by atoms with E-state index in [4.69, 9.17) is 6.87 Å². The fourth-order valence-corrected chi connectivity index (χ4v) is 0.830. The summed E-state index contributed by atoms with van der Waals surface area (Å²) in [5, 5.41) is 0. The molecule has 0 aliphatic carbocycles. The Bertz CT molecular complexity index is 148. The predicted octanol–water partition coefficient (Wildman–Crippen LogP) is 2.12. The zero-order valence-corrected chi connectivity index (χ0v) is 12.4. The second-order valence-electron chi connectivity index (χ2n) is 1.30. The molecule has 0 saturated heterocycles. The van der Waals surface area contributed by atoms with E-state index < -0.39 is 0 Å². The number of rotatable bonds is 0. The van der Waals surface area contributed by atoms with Gasteiger partial charge in [-0.3, -0.25) is 0 Å². The van der Waals surface area contributed by atoms with E-state index >= 15 is 0 Å². The SMILES string of the molecule is Ic1ccccc1.O.OI.OI. The number of hydrogen-bond donors (Lipinski definition) is 2. The smallest absolute Gasteiger partial charge is 0.106 e. The van der Waals surface area contributed by atoms with Crippen LogP contribution >= 0.6 is 68.6 Å². The third kappa shape index (κ3) is 13.9. The highest BCUT2D eigenvalue weighted by molar-refractivity contribution is 14.1. The Morgan fingerprint density at radius 2 is 1.17 bits per heavy atom. The molecule has 0 atom stereocenters. The summed E-state index contributed by atoms with van der Waals surface area (Å²) in [4.78, 5) is 0. The summed E-state index contributed by atoms with van der Waals surface area (Å²) in [5.41, 5.74) is 0. The monoisotopic (exact) mass is 510 g/mol. The molecule has 0 saturated carbocycles. The van der Waals surface area contributed by atoms with E-state index in [9.17, 15) is 0 Å². The van der Waals surface area contributed by atoms with Gasteiger partial charge in [0.25, 0.3) is 0 Å². The summed E-state index contributed by atoms with van der Waals surface area (Å²) in [6.07, 6.45) is 0. The third-order valence-electron chi connectivity index (χ3n) is 0.733. The molecule has 0 unspecified atom stereocenters. The maximum atomic E-state index is 6.97. The van der Waals surface area contributed by atoms with Crippen LogP contribution in [0.15, 0.2) is 30.3 Å². The minimum atomic E-state index is 0. The molecule has 0 aliphatic heterocycles. The van der Waals surface area contributed by atoms with Crippen molar-refractivity contribution >= 4 is 68.6 Å². The molecule has 0 fully saturated rings. The fourth-order valence-electron chi connectivity index (χ4n) is 0.415. The normalized spacial score (nSPS) is 6.08. The van der Waals surface area contributed by atoms with Crippen LogP contribution < -0.4 is 0 Å². The summed E-state index contributed by atoms with van der Waals surface area (Å²) in [6.45, 7) is 0. The lowest BCUT2D eigenvalue weighted by Crippen LogP contribution is -1.61. The van der Waals surface area contributed by atoms with Crippen molar-refractivity contribution in [2.75, 3.05) is 0 Å². The van der Waals surface area contributed by atoms with Crippen molar-refractivity contribution in [1.29, 1.82) is 0 Å². The maximum absolute atomic E-state index is 6.97. The number of benzene rings is 1. The first-order valence-electron chi connectivity index (χ1n) is 2.44. The molecular weight excluding hydrogens is 501 g/mol. The largest absolute Gasteiger partial charge is 0.412 e.